The Morgan fingerprint density at radius 1 is 1.33 bits per heavy atom. The first-order chi connectivity index (χ1) is 11.7. The molecule has 2 aliphatic rings. The fourth-order valence-corrected chi connectivity index (χ4v) is 3.61. The Balaban J connectivity index is 1.85. The summed E-state index contributed by atoms with van der Waals surface area (Å²) in [5, 5.41) is 8.86. The van der Waals surface area contributed by atoms with Gasteiger partial charge in [0, 0.05) is 5.48 Å². The van der Waals surface area contributed by atoms with Gasteiger partial charge in [0.2, 0.25) is 0 Å². The molecular weight excluding hydrogens is 261 g/mol. The summed E-state index contributed by atoms with van der Waals surface area (Å²) in [7, 11) is 0. The number of allylic oxidation sites excluding steroid dienone is 1. The van der Waals surface area contributed by atoms with Gasteiger partial charge in [0.25, 0.3) is 0 Å². The molecule has 2 fully saturated rings. The van der Waals surface area contributed by atoms with Gasteiger partial charge in [-0.2, -0.15) is 5.26 Å². The third-order valence-electron chi connectivity index (χ3n) is 4.80. The molecule has 1 aromatic rings. The average Bonchev–Trinajstić information content (AvgIpc) is 2.53. The van der Waals surface area contributed by atoms with Crippen LogP contribution in [-0.4, -0.2) is 0 Å². The highest BCUT2D eigenvalue weighted by Crippen LogP contribution is 2.47. The Kier molecular flexibility index (Phi) is 2.91. The minimum atomic E-state index is -1.62. The van der Waals surface area contributed by atoms with Gasteiger partial charge in [-0.05, 0) is 79.8 Å². The minimum Gasteiger partial charge on any atom is -0.206 e. The lowest BCUT2D eigenvalue weighted by Crippen LogP contribution is -2.30. The second-order valence-corrected chi connectivity index (χ2v) is 6.02. The molecule has 4 atom stereocenters. The van der Waals surface area contributed by atoms with E-state index >= 15 is 0 Å². The minimum absolute atomic E-state index is 0.0246. The number of hydrogen-bond donors (Lipinski definition) is 0. The molecular formula is C19H22FN. The zero-order chi connectivity index (χ0) is 18.4. The summed E-state index contributed by atoms with van der Waals surface area (Å²) in [5.74, 6) is -1.51. The Labute approximate surface area is 132 Å². The molecule has 0 radical (unpaired) electrons. The van der Waals surface area contributed by atoms with Gasteiger partial charge in [-0.1, -0.05) is 12.1 Å². The van der Waals surface area contributed by atoms with Crippen molar-refractivity contribution < 1.29 is 9.87 Å². The topological polar surface area (TPSA) is 23.8 Å². The van der Waals surface area contributed by atoms with Crippen LogP contribution >= 0.6 is 0 Å². The molecule has 2 heteroatoms. The van der Waals surface area contributed by atoms with Gasteiger partial charge in [-0.15, -0.1) is 6.58 Å². The van der Waals surface area contributed by atoms with E-state index in [1.54, 1.807) is 6.07 Å². The number of rotatable bonds is 2. The van der Waals surface area contributed by atoms with E-state index in [1.165, 1.54) is 18.2 Å². The highest BCUT2D eigenvalue weighted by molar-refractivity contribution is 5.35. The van der Waals surface area contributed by atoms with Crippen LogP contribution in [0.4, 0.5) is 4.39 Å². The smallest absolute Gasteiger partial charge is 0.141 e. The van der Waals surface area contributed by atoms with Crippen LogP contribution in [0.15, 0.2) is 30.9 Å². The monoisotopic (exact) mass is 287 g/mol. The molecule has 0 spiro atoms. The Morgan fingerprint density at radius 3 is 2.90 bits per heavy atom. The van der Waals surface area contributed by atoms with E-state index in [-0.39, 0.29) is 23.3 Å². The van der Waals surface area contributed by atoms with Crippen LogP contribution in [0.5, 0.6) is 0 Å². The van der Waals surface area contributed by atoms with E-state index in [9.17, 15) is 4.39 Å². The van der Waals surface area contributed by atoms with Gasteiger partial charge in [0.1, 0.15) is 11.9 Å². The van der Waals surface area contributed by atoms with Crippen LogP contribution in [0.1, 0.15) is 61.0 Å². The summed E-state index contributed by atoms with van der Waals surface area (Å²) in [5.41, 5.74) is 0.846. The van der Waals surface area contributed by atoms with Crippen LogP contribution in [0, 0.1) is 34.9 Å². The standard InChI is InChI=1S/C19H22FN/c1-2-13-3-4-15-10-16(6-5-14(15)9-13)17-7-8-18(12-21)19(20)11-17/h2,7-8,11,13-16H,1,3-6,9-10H2/i3D2,9D2. The average molecular weight is 287 g/mol. The van der Waals surface area contributed by atoms with Crippen LogP contribution in [0.2, 0.25) is 0 Å². The third-order valence-corrected chi connectivity index (χ3v) is 4.80. The van der Waals surface area contributed by atoms with Gasteiger partial charge >= 0.3 is 0 Å². The molecule has 0 bridgehead atoms. The predicted octanol–water partition coefficient (Wildman–Crippen LogP) is 5.18. The van der Waals surface area contributed by atoms with Crippen molar-refractivity contribution in [1.82, 2.24) is 0 Å². The normalized spacial score (nSPS) is 39.6. The van der Waals surface area contributed by atoms with Crippen molar-refractivity contribution in [3.8, 4) is 6.07 Å². The Hall–Kier alpha value is -1.62. The summed E-state index contributed by atoms with van der Waals surface area (Å²) in [6.45, 7) is 3.65. The molecule has 2 saturated carbocycles. The molecule has 1 nitrogen and oxygen atoms in total. The second kappa shape index (κ2) is 6.02. The van der Waals surface area contributed by atoms with E-state index in [4.69, 9.17) is 10.7 Å². The van der Waals surface area contributed by atoms with Crippen molar-refractivity contribution in [2.24, 2.45) is 17.8 Å². The van der Waals surface area contributed by atoms with Crippen molar-refractivity contribution in [3.63, 3.8) is 0 Å². The molecule has 0 amide bonds. The van der Waals surface area contributed by atoms with Crippen molar-refractivity contribution >= 4 is 0 Å². The lowest BCUT2D eigenvalue weighted by Gasteiger charge is -2.41. The number of hydrogen-bond acceptors (Lipinski definition) is 1. The molecule has 0 aromatic heterocycles. The highest BCUT2D eigenvalue weighted by Gasteiger charge is 2.35. The molecule has 0 aliphatic heterocycles. The van der Waals surface area contributed by atoms with Gasteiger partial charge in [0.05, 0.1) is 5.56 Å². The SMILES string of the molecule is [2H]C1([2H])CC2CC(c3ccc(C#N)c(F)c3)CCC2C([2H])([2H])C1C=C. The fourth-order valence-electron chi connectivity index (χ4n) is 3.61. The second-order valence-electron chi connectivity index (χ2n) is 6.02. The zero-order valence-electron chi connectivity index (χ0n) is 16.0. The molecule has 0 N–H and O–H groups in total. The predicted molar refractivity (Wildman–Crippen MR) is 82.2 cm³/mol. The maximum atomic E-state index is 13.9. The van der Waals surface area contributed by atoms with E-state index in [0.29, 0.717) is 19.3 Å². The maximum absolute atomic E-state index is 13.9. The first kappa shape index (κ1) is 10.2. The summed E-state index contributed by atoms with van der Waals surface area (Å²) < 4.78 is 47.4. The molecule has 110 valence electrons. The molecule has 2 aliphatic carbocycles. The van der Waals surface area contributed by atoms with Crippen LogP contribution < -0.4 is 0 Å². The van der Waals surface area contributed by atoms with Gasteiger partial charge in [-0.25, -0.2) is 4.39 Å². The van der Waals surface area contributed by atoms with E-state index in [1.807, 2.05) is 6.07 Å². The van der Waals surface area contributed by atoms with Crippen molar-refractivity contribution in [1.29, 1.82) is 5.26 Å². The fraction of sp³-hybridized carbons (Fsp3) is 0.526. The van der Waals surface area contributed by atoms with Crippen molar-refractivity contribution in [2.75, 3.05) is 0 Å². The van der Waals surface area contributed by atoms with Crippen molar-refractivity contribution in [2.45, 2.75) is 44.3 Å². The molecule has 3 rings (SSSR count). The van der Waals surface area contributed by atoms with E-state index in [2.05, 4.69) is 6.58 Å². The van der Waals surface area contributed by atoms with Gasteiger partial charge < -0.3 is 0 Å². The lowest BCUT2D eigenvalue weighted by atomic mass is 9.64. The summed E-state index contributed by atoms with van der Waals surface area (Å²) in [6, 6.07) is 6.48. The van der Waals surface area contributed by atoms with Crippen LogP contribution in [0.3, 0.4) is 0 Å². The maximum Gasteiger partial charge on any atom is 0.141 e. The molecule has 21 heavy (non-hydrogen) atoms. The summed E-state index contributed by atoms with van der Waals surface area (Å²) >= 11 is 0. The molecule has 4 unspecified atom stereocenters. The van der Waals surface area contributed by atoms with Gasteiger partial charge in [-0.3, -0.25) is 0 Å². The van der Waals surface area contributed by atoms with E-state index < -0.39 is 24.5 Å². The number of nitrogens with zero attached hydrogens (tertiary/aromatic N) is 1. The number of benzene rings is 1. The third kappa shape index (κ3) is 2.88. The molecule has 1 aromatic carbocycles. The number of nitriles is 1. The quantitative estimate of drug-likeness (QED) is 0.687. The van der Waals surface area contributed by atoms with Crippen LogP contribution in [-0.2, 0) is 0 Å². The van der Waals surface area contributed by atoms with E-state index in [0.717, 1.165) is 12.0 Å². The molecule has 0 saturated heterocycles. The Bertz CT molecular complexity index is 725. The highest BCUT2D eigenvalue weighted by atomic mass is 19.1. The Morgan fingerprint density at radius 2 is 2.19 bits per heavy atom. The van der Waals surface area contributed by atoms with Crippen LogP contribution in [0.25, 0.3) is 0 Å². The zero-order valence-corrected chi connectivity index (χ0v) is 12.0. The first-order valence-electron chi connectivity index (χ1n) is 9.53. The number of halogens is 1. The largest absolute Gasteiger partial charge is 0.206 e. The summed E-state index contributed by atoms with van der Waals surface area (Å²) in [4.78, 5) is 0. The summed E-state index contributed by atoms with van der Waals surface area (Å²) in [6.07, 6.45) is 0.558. The first-order valence-corrected chi connectivity index (χ1v) is 7.53. The number of fused-ring (bicyclic) bond motifs is 1. The lowest BCUT2D eigenvalue weighted by molar-refractivity contribution is 0.133. The van der Waals surface area contributed by atoms with Crippen molar-refractivity contribution in [3.05, 3.63) is 47.8 Å². The van der Waals surface area contributed by atoms with Gasteiger partial charge in [0.15, 0.2) is 0 Å². The molecule has 0 heterocycles.